The third-order valence-corrected chi connectivity index (χ3v) is 3.32. The molecule has 0 saturated heterocycles. The first-order valence-electron chi connectivity index (χ1n) is 7.27. The van der Waals surface area contributed by atoms with Crippen molar-refractivity contribution in [1.82, 2.24) is 5.32 Å². The first-order chi connectivity index (χ1) is 11.3. The normalized spacial score (nSPS) is 12.5. The second-order valence-electron chi connectivity index (χ2n) is 5.35. The smallest absolute Gasteiger partial charge is 0.417 e. The summed E-state index contributed by atoms with van der Waals surface area (Å²) in [4.78, 5) is 12.1. The van der Waals surface area contributed by atoms with Gasteiger partial charge in [-0.1, -0.05) is 18.2 Å². The van der Waals surface area contributed by atoms with Crippen LogP contribution in [0.2, 0.25) is 0 Å². The van der Waals surface area contributed by atoms with Crippen molar-refractivity contribution in [3.8, 4) is 5.75 Å². The van der Waals surface area contributed by atoms with Crippen LogP contribution in [0.1, 0.15) is 22.8 Å². The molecule has 128 valence electrons. The van der Waals surface area contributed by atoms with Gasteiger partial charge in [-0.2, -0.15) is 13.2 Å². The Morgan fingerprint density at radius 1 is 1.17 bits per heavy atom. The highest BCUT2D eigenvalue weighted by Crippen LogP contribution is 2.33. The average Bonchev–Trinajstić information content (AvgIpc) is 2.52. The first kappa shape index (κ1) is 17.7. The summed E-state index contributed by atoms with van der Waals surface area (Å²) in [5.41, 5.74) is -0.845. The lowest BCUT2D eigenvalue weighted by Gasteiger charge is -2.18. The van der Waals surface area contributed by atoms with Gasteiger partial charge in [0.1, 0.15) is 5.75 Å². The SMILES string of the molecule is CC(CNc1ccccc1)NC(=O)c1cc(O)ccc1C(F)(F)F. The second-order valence-corrected chi connectivity index (χ2v) is 5.35. The van der Waals surface area contributed by atoms with Crippen molar-refractivity contribution >= 4 is 11.6 Å². The monoisotopic (exact) mass is 338 g/mol. The Bertz CT molecular complexity index is 703. The van der Waals surface area contributed by atoms with Crippen molar-refractivity contribution < 1.29 is 23.1 Å². The van der Waals surface area contributed by atoms with Crippen molar-refractivity contribution in [2.24, 2.45) is 0 Å². The van der Waals surface area contributed by atoms with Gasteiger partial charge in [0.15, 0.2) is 0 Å². The number of nitrogens with one attached hydrogen (secondary N) is 2. The van der Waals surface area contributed by atoms with E-state index >= 15 is 0 Å². The number of phenols is 1. The molecule has 24 heavy (non-hydrogen) atoms. The summed E-state index contributed by atoms with van der Waals surface area (Å²) in [7, 11) is 0. The van der Waals surface area contributed by atoms with Crippen LogP contribution in [0.3, 0.4) is 0 Å². The Morgan fingerprint density at radius 3 is 2.46 bits per heavy atom. The van der Waals surface area contributed by atoms with E-state index in [0.29, 0.717) is 12.6 Å². The predicted molar refractivity (Wildman–Crippen MR) is 85.0 cm³/mol. The molecule has 1 atom stereocenters. The summed E-state index contributed by atoms with van der Waals surface area (Å²) >= 11 is 0. The van der Waals surface area contributed by atoms with Crippen LogP contribution in [0.4, 0.5) is 18.9 Å². The Hall–Kier alpha value is -2.70. The van der Waals surface area contributed by atoms with Crippen LogP contribution in [0.25, 0.3) is 0 Å². The maximum absolute atomic E-state index is 13.0. The van der Waals surface area contributed by atoms with Crippen molar-refractivity contribution in [2.45, 2.75) is 19.1 Å². The van der Waals surface area contributed by atoms with E-state index in [1.54, 1.807) is 6.92 Å². The number of halogens is 3. The molecule has 1 unspecified atom stereocenters. The molecule has 3 N–H and O–H groups in total. The molecule has 0 aromatic heterocycles. The number of carbonyl (C=O) groups excluding carboxylic acids is 1. The summed E-state index contributed by atoms with van der Waals surface area (Å²) in [5.74, 6) is -1.29. The molecule has 4 nitrogen and oxygen atoms in total. The van der Waals surface area contributed by atoms with E-state index in [0.717, 1.165) is 17.8 Å². The van der Waals surface area contributed by atoms with E-state index < -0.39 is 35.0 Å². The number of phenolic OH excluding ortho intramolecular Hbond substituents is 1. The minimum atomic E-state index is -4.67. The number of hydrogen-bond donors (Lipinski definition) is 3. The zero-order chi connectivity index (χ0) is 17.7. The molecular formula is C17H17F3N2O2. The number of benzene rings is 2. The zero-order valence-corrected chi connectivity index (χ0v) is 12.9. The first-order valence-corrected chi connectivity index (χ1v) is 7.27. The van der Waals surface area contributed by atoms with Crippen molar-refractivity contribution in [3.05, 3.63) is 59.7 Å². The van der Waals surface area contributed by atoms with Gasteiger partial charge in [0.2, 0.25) is 0 Å². The highest BCUT2D eigenvalue weighted by Gasteiger charge is 2.35. The van der Waals surface area contributed by atoms with Gasteiger partial charge in [-0.05, 0) is 37.3 Å². The lowest BCUT2D eigenvalue weighted by atomic mass is 10.1. The minimum absolute atomic E-state index is 0.343. The number of carbonyl (C=O) groups is 1. The van der Waals surface area contributed by atoms with Crippen LogP contribution < -0.4 is 10.6 Å². The molecular weight excluding hydrogens is 321 g/mol. The Labute approximate surface area is 137 Å². The lowest BCUT2D eigenvalue weighted by molar-refractivity contribution is -0.137. The molecule has 0 spiro atoms. The molecule has 0 aliphatic heterocycles. The summed E-state index contributed by atoms with van der Waals surface area (Å²) in [6.45, 7) is 2.01. The van der Waals surface area contributed by atoms with Crippen LogP contribution in [-0.2, 0) is 6.18 Å². The molecule has 2 aromatic carbocycles. The van der Waals surface area contributed by atoms with Gasteiger partial charge in [0, 0.05) is 18.3 Å². The third-order valence-electron chi connectivity index (χ3n) is 3.32. The standard InChI is InChI=1S/C17H17F3N2O2/c1-11(10-21-12-5-3-2-4-6-12)22-16(24)14-9-13(23)7-8-15(14)17(18,19)20/h2-9,11,21,23H,10H2,1H3,(H,22,24). The van der Waals surface area contributed by atoms with E-state index in [1.165, 1.54) is 0 Å². The fourth-order valence-corrected chi connectivity index (χ4v) is 2.15. The van der Waals surface area contributed by atoms with E-state index in [-0.39, 0.29) is 0 Å². The molecule has 0 radical (unpaired) electrons. The van der Waals surface area contributed by atoms with Crippen molar-refractivity contribution in [1.29, 1.82) is 0 Å². The molecule has 1 amide bonds. The van der Waals surface area contributed by atoms with Gasteiger partial charge < -0.3 is 15.7 Å². The highest BCUT2D eigenvalue weighted by atomic mass is 19.4. The topological polar surface area (TPSA) is 61.4 Å². The maximum Gasteiger partial charge on any atom is 0.417 e. The molecule has 0 aliphatic carbocycles. The molecule has 0 aliphatic rings. The fourth-order valence-electron chi connectivity index (χ4n) is 2.15. The summed E-state index contributed by atoms with van der Waals surface area (Å²) in [5, 5.41) is 14.9. The number of para-hydroxylation sites is 1. The van der Waals surface area contributed by atoms with Crippen LogP contribution in [0.5, 0.6) is 5.75 Å². The van der Waals surface area contributed by atoms with E-state index in [1.807, 2.05) is 30.3 Å². The van der Waals surface area contributed by atoms with Crippen LogP contribution >= 0.6 is 0 Å². The summed E-state index contributed by atoms with van der Waals surface area (Å²) in [6.07, 6.45) is -4.67. The largest absolute Gasteiger partial charge is 0.508 e. The van der Waals surface area contributed by atoms with Crippen LogP contribution in [0, 0.1) is 0 Å². The number of alkyl halides is 3. The molecule has 2 aromatic rings. The van der Waals surface area contributed by atoms with Crippen LogP contribution in [0.15, 0.2) is 48.5 Å². The van der Waals surface area contributed by atoms with Gasteiger partial charge in [-0.3, -0.25) is 4.79 Å². The minimum Gasteiger partial charge on any atom is -0.508 e. The molecule has 0 heterocycles. The predicted octanol–water partition coefficient (Wildman–Crippen LogP) is 3.64. The van der Waals surface area contributed by atoms with Gasteiger partial charge in [-0.25, -0.2) is 0 Å². The van der Waals surface area contributed by atoms with Crippen molar-refractivity contribution in [2.75, 3.05) is 11.9 Å². The molecule has 0 saturated carbocycles. The van der Waals surface area contributed by atoms with E-state index in [4.69, 9.17) is 0 Å². The van der Waals surface area contributed by atoms with Gasteiger partial charge >= 0.3 is 6.18 Å². The lowest BCUT2D eigenvalue weighted by Crippen LogP contribution is -2.38. The number of anilines is 1. The highest BCUT2D eigenvalue weighted by molar-refractivity contribution is 5.96. The maximum atomic E-state index is 13.0. The Balaban J connectivity index is 2.05. The molecule has 7 heteroatoms. The molecule has 0 bridgehead atoms. The molecule has 0 fully saturated rings. The Morgan fingerprint density at radius 2 is 1.83 bits per heavy atom. The van der Waals surface area contributed by atoms with E-state index in [2.05, 4.69) is 10.6 Å². The van der Waals surface area contributed by atoms with Crippen LogP contribution in [-0.4, -0.2) is 23.6 Å². The van der Waals surface area contributed by atoms with Gasteiger partial charge in [0.05, 0.1) is 11.1 Å². The fraction of sp³-hybridized carbons (Fsp3) is 0.235. The summed E-state index contributed by atoms with van der Waals surface area (Å²) < 4.78 is 38.9. The average molecular weight is 338 g/mol. The zero-order valence-electron chi connectivity index (χ0n) is 12.9. The number of rotatable bonds is 5. The number of amides is 1. The Kier molecular flexibility index (Phi) is 5.33. The van der Waals surface area contributed by atoms with Crippen molar-refractivity contribution in [3.63, 3.8) is 0 Å². The summed E-state index contributed by atoms with van der Waals surface area (Å²) in [6, 6.07) is 11.2. The quantitative estimate of drug-likeness (QED) is 0.780. The number of hydrogen-bond acceptors (Lipinski definition) is 3. The third kappa shape index (κ3) is 4.65. The van der Waals surface area contributed by atoms with E-state index in [9.17, 15) is 23.1 Å². The number of aromatic hydroxyl groups is 1. The van der Waals surface area contributed by atoms with Gasteiger partial charge in [0.25, 0.3) is 5.91 Å². The second kappa shape index (κ2) is 7.25. The molecule has 2 rings (SSSR count). The van der Waals surface area contributed by atoms with Gasteiger partial charge in [-0.15, -0.1) is 0 Å².